The van der Waals surface area contributed by atoms with Crippen molar-refractivity contribution < 1.29 is 4.79 Å². The Balaban J connectivity index is 1.58. The Bertz CT molecular complexity index is 651. The van der Waals surface area contributed by atoms with Crippen molar-refractivity contribution in [1.29, 1.82) is 0 Å². The van der Waals surface area contributed by atoms with Crippen molar-refractivity contribution in [2.45, 2.75) is 29.5 Å². The van der Waals surface area contributed by atoms with Crippen LogP contribution in [0.2, 0.25) is 0 Å². The molecule has 0 bridgehead atoms. The topological polar surface area (TPSA) is 32.3 Å². The maximum Gasteiger partial charge on any atom is 0.253 e. The molecular weight excluding hydrogens is 316 g/mol. The molecule has 0 saturated carbocycles. The average Bonchev–Trinajstić information content (AvgIpc) is 2.67. The summed E-state index contributed by atoms with van der Waals surface area (Å²) in [5, 5.41) is 3.34. The first-order valence-electron chi connectivity index (χ1n) is 8.49. The average molecular weight is 340 g/mol. The quantitative estimate of drug-likeness (QED) is 0.840. The van der Waals surface area contributed by atoms with Gasteiger partial charge in [0.25, 0.3) is 5.91 Å². The number of piperidine rings is 1. The Kier molecular flexibility index (Phi) is 5.94. The van der Waals surface area contributed by atoms with Crippen molar-refractivity contribution >= 4 is 17.7 Å². The first-order chi connectivity index (χ1) is 11.7. The minimum atomic E-state index is 0.129. The second-order valence-electron chi connectivity index (χ2n) is 6.20. The third-order valence-electron chi connectivity index (χ3n) is 4.53. The van der Waals surface area contributed by atoms with Gasteiger partial charge < -0.3 is 10.2 Å². The molecule has 0 radical (unpaired) electrons. The third kappa shape index (κ3) is 4.40. The highest BCUT2D eigenvalue weighted by Gasteiger charge is 2.22. The minimum absolute atomic E-state index is 0.129. The van der Waals surface area contributed by atoms with E-state index in [9.17, 15) is 4.79 Å². The second kappa shape index (κ2) is 8.36. The van der Waals surface area contributed by atoms with E-state index in [2.05, 4.69) is 41.7 Å². The number of carbonyl (C=O) groups excluding carboxylic acids is 1. The number of hydrogen-bond acceptors (Lipinski definition) is 3. The van der Waals surface area contributed by atoms with Crippen LogP contribution in [-0.4, -0.2) is 37.0 Å². The lowest BCUT2D eigenvalue weighted by molar-refractivity contribution is 0.0703. The summed E-state index contributed by atoms with van der Waals surface area (Å²) >= 11 is 1.81. The van der Waals surface area contributed by atoms with Gasteiger partial charge >= 0.3 is 0 Å². The number of hydrogen-bond donors (Lipinski definition) is 1. The first-order valence-corrected chi connectivity index (χ1v) is 9.47. The van der Waals surface area contributed by atoms with Crippen LogP contribution in [0.1, 0.15) is 28.8 Å². The highest BCUT2D eigenvalue weighted by Crippen LogP contribution is 2.23. The molecule has 3 nitrogen and oxygen atoms in total. The predicted molar refractivity (Wildman–Crippen MR) is 100 cm³/mol. The zero-order valence-electron chi connectivity index (χ0n) is 14.1. The van der Waals surface area contributed by atoms with Crippen LogP contribution in [0.25, 0.3) is 0 Å². The van der Waals surface area contributed by atoms with E-state index in [0.29, 0.717) is 6.04 Å². The molecule has 1 fully saturated rings. The Morgan fingerprint density at radius 2 is 1.75 bits per heavy atom. The van der Waals surface area contributed by atoms with E-state index >= 15 is 0 Å². The Morgan fingerprint density at radius 3 is 2.42 bits per heavy atom. The van der Waals surface area contributed by atoms with Crippen LogP contribution >= 0.6 is 11.8 Å². The summed E-state index contributed by atoms with van der Waals surface area (Å²) in [5.74, 6) is 1.05. The Labute approximate surface area is 148 Å². The standard InChI is InChI=1S/C20H24N2OS/c1-22(18-11-13-21-14-12-18)20(23)17-9-7-16(8-10-17)15-24-19-5-3-2-4-6-19/h2-10,18,21H,11-15H2,1H3. The summed E-state index contributed by atoms with van der Waals surface area (Å²) in [5.41, 5.74) is 2.02. The Morgan fingerprint density at radius 1 is 1.08 bits per heavy atom. The molecule has 0 aromatic heterocycles. The molecule has 0 spiro atoms. The van der Waals surface area contributed by atoms with Gasteiger partial charge in [0.2, 0.25) is 0 Å². The van der Waals surface area contributed by atoms with Gasteiger partial charge in [-0.05, 0) is 55.8 Å². The summed E-state index contributed by atoms with van der Waals surface area (Å²) in [6.45, 7) is 2.00. The highest BCUT2D eigenvalue weighted by atomic mass is 32.2. The molecule has 1 saturated heterocycles. The van der Waals surface area contributed by atoms with E-state index in [0.717, 1.165) is 37.2 Å². The molecular formula is C20H24N2OS. The lowest BCUT2D eigenvalue weighted by Gasteiger charge is -2.31. The van der Waals surface area contributed by atoms with Gasteiger partial charge in [0.1, 0.15) is 0 Å². The monoisotopic (exact) mass is 340 g/mol. The van der Waals surface area contributed by atoms with E-state index < -0.39 is 0 Å². The molecule has 4 heteroatoms. The summed E-state index contributed by atoms with van der Waals surface area (Å²) < 4.78 is 0. The lowest BCUT2D eigenvalue weighted by Crippen LogP contribution is -2.43. The SMILES string of the molecule is CN(C(=O)c1ccc(CSc2ccccc2)cc1)C1CCNCC1. The second-order valence-corrected chi connectivity index (χ2v) is 7.24. The number of nitrogens with zero attached hydrogens (tertiary/aromatic N) is 1. The summed E-state index contributed by atoms with van der Waals surface area (Å²) in [7, 11) is 1.93. The molecule has 1 amide bonds. The largest absolute Gasteiger partial charge is 0.339 e. The number of rotatable bonds is 5. The first kappa shape index (κ1) is 17.1. The molecule has 3 rings (SSSR count). The van der Waals surface area contributed by atoms with E-state index in [1.165, 1.54) is 10.5 Å². The minimum Gasteiger partial charge on any atom is -0.339 e. The number of nitrogens with one attached hydrogen (secondary N) is 1. The highest BCUT2D eigenvalue weighted by molar-refractivity contribution is 7.98. The van der Waals surface area contributed by atoms with Crippen LogP contribution in [0.4, 0.5) is 0 Å². The van der Waals surface area contributed by atoms with E-state index in [1.54, 1.807) is 0 Å². The van der Waals surface area contributed by atoms with Gasteiger partial charge in [-0.3, -0.25) is 4.79 Å². The normalized spacial score (nSPS) is 15.2. The van der Waals surface area contributed by atoms with E-state index in [1.807, 2.05) is 41.9 Å². The molecule has 0 aliphatic carbocycles. The third-order valence-corrected chi connectivity index (χ3v) is 5.61. The molecule has 2 aromatic carbocycles. The molecule has 0 unspecified atom stereocenters. The summed E-state index contributed by atoms with van der Waals surface area (Å²) in [6, 6.07) is 18.8. The smallest absolute Gasteiger partial charge is 0.253 e. The lowest BCUT2D eigenvalue weighted by atomic mass is 10.0. The van der Waals surface area contributed by atoms with E-state index in [4.69, 9.17) is 0 Å². The number of thioether (sulfide) groups is 1. The van der Waals surface area contributed by atoms with Crippen LogP contribution in [0, 0.1) is 0 Å². The van der Waals surface area contributed by atoms with Crippen molar-refractivity contribution in [2.24, 2.45) is 0 Å². The molecule has 1 aliphatic heterocycles. The van der Waals surface area contributed by atoms with Gasteiger partial charge in [-0.2, -0.15) is 0 Å². The molecule has 0 atom stereocenters. The number of carbonyl (C=O) groups is 1. The van der Waals surface area contributed by atoms with Crippen LogP contribution < -0.4 is 5.32 Å². The van der Waals surface area contributed by atoms with Crippen molar-refractivity contribution in [1.82, 2.24) is 10.2 Å². The Hall–Kier alpha value is -1.78. The molecule has 2 aromatic rings. The van der Waals surface area contributed by atoms with Crippen LogP contribution in [0.15, 0.2) is 59.5 Å². The molecule has 24 heavy (non-hydrogen) atoms. The van der Waals surface area contributed by atoms with E-state index in [-0.39, 0.29) is 5.91 Å². The van der Waals surface area contributed by atoms with Gasteiger partial charge in [0.05, 0.1) is 0 Å². The summed E-state index contributed by atoms with van der Waals surface area (Å²) in [6.07, 6.45) is 2.07. The molecule has 1 N–H and O–H groups in total. The fraction of sp³-hybridized carbons (Fsp3) is 0.350. The zero-order chi connectivity index (χ0) is 16.8. The van der Waals surface area contributed by atoms with Gasteiger partial charge in [0.15, 0.2) is 0 Å². The molecule has 126 valence electrons. The van der Waals surface area contributed by atoms with Crippen LogP contribution in [0.3, 0.4) is 0 Å². The van der Waals surface area contributed by atoms with Crippen molar-refractivity contribution in [2.75, 3.05) is 20.1 Å². The van der Waals surface area contributed by atoms with Crippen molar-refractivity contribution in [3.63, 3.8) is 0 Å². The molecule has 1 heterocycles. The number of benzene rings is 2. The zero-order valence-corrected chi connectivity index (χ0v) is 14.9. The van der Waals surface area contributed by atoms with Gasteiger partial charge in [-0.25, -0.2) is 0 Å². The van der Waals surface area contributed by atoms with Crippen molar-refractivity contribution in [3.8, 4) is 0 Å². The van der Waals surface area contributed by atoms with Gasteiger partial charge in [0, 0.05) is 29.3 Å². The van der Waals surface area contributed by atoms with Crippen LogP contribution in [-0.2, 0) is 5.75 Å². The van der Waals surface area contributed by atoms with Gasteiger partial charge in [-0.1, -0.05) is 30.3 Å². The fourth-order valence-corrected chi connectivity index (χ4v) is 3.87. The van der Waals surface area contributed by atoms with Gasteiger partial charge in [-0.15, -0.1) is 11.8 Å². The van der Waals surface area contributed by atoms with Crippen molar-refractivity contribution in [3.05, 3.63) is 65.7 Å². The maximum absolute atomic E-state index is 12.6. The maximum atomic E-state index is 12.6. The fourth-order valence-electron chi connectivity index (χ4n) is 2.99. The predicted octanol–water partition coefficient (Wildman–Crippen LogP) is 3.80. The number of amides is 1. The molecule has 1 aliphatic rings. The summed E-state index contributed by atoms with van der Waals surface area (Å²) in [4.78, 5) is 15.8. The van der Waals surface area contributed by atoms with Crippen LogP contribution in [0.5, 0.6) is 0 Å².